The van der Waals surface area contributed by atoms with E-state index in [-0.39, 0.29) is 10.8 Å². The molecule has 0 unspecified atom stereocenters. The smallest absolute Gasteiger partial charge is 0.242 e. The van der Waals surface area contributed by atoms with Crippen LogP contribution >= 0.6 is 0 Å². The van der Waals surface area contributed by atoms with Crippen LogP contribution in [0.4, 0.5) is 5.69 Å². The van der Waals surface area contributed by atoms with Crippen LogP contribution in [-0.2, 0) is 28.3 Å². The van der Waals surface area contributed by atoms with Crippen molar-refractivity contribution in [2.24, 2.45) is 7.05 Å². The van der Waals surface area contributed by atoms with E-state index in [2.05, 4.69) is 10.4 Å². The number of aryl methyl sites for hydroxylation is 2. The zero-order valence-electron chi connectivity index (χ0n) is 15.2. The highest BCUT2D eigenvalue weighted by molar-refractivity contribution is 7.89. The van der Waals surface area contributed by atoms with E-state index >= 15 is 0 Å². The number of nitrogens with one attached hydrogen (secondary N) is 1. The second-order valence-electron chi connectivity index (χ2n) is 6.06. The Labute approximate surface area is 148 Å². The van der Waals surface area contributed by atoms with Crippen LogP contribution in [0.2, 0.25) is 0 Å². The van der Waals surface area contributed by atoms with Crippen molar-refractivity contribution in [3.63, 3.8) is 0 Å². The molecule has 136 valence electrons. The number of carbonyl (C=O) groups is 1. The van der Waals surface area contributed by atoms with Crippen molar-refractivity contribution in [1.29, 1.82) is 0 Å². The summed E-state index contributed by atoms with van der Waals surface area (Å²) in [4.78, 5) is 11.2. The first kappa shape index (κ1) is 19.1. The first-order chi connectivity index (χ1) is 11.6. The van der Waals surface area contributed by atoms with Gasteiger partial charge in [0.25, 0.3) is 0 Å². The summed E-state index contributed by atoms with van der Waals surface area (Å²) in [6.07, 6.45) is 0.602. The van der Waals surface area contributed by atoms with Gasteiger partial charge in [0.15, 0.2) is 0 Å². The predicted octanol–water partition coefficient (Wildman–Crippen LogP) is 1.86. The van der Waals surface area contributed by atoms with Gasteiger partial charge in [-0.05, 0) is 50.1 Å². The molecule has 0 aliphatic carbocycles. The number of likely N-dealkylation sites (N-methyl/N-ethyl adjacent to an activating group) is 1. The monoisotopic (exact) mass is 364 g/mol. The molecule has 1 heterocycles. The van der Waals surface area contributed by atoms with Crippen LogP contribution in [0.3, 0.4) is 0 Å². The average molecular weight is 364 g/mol. The van der Waals surface area contributed by atoms with Crippen LogP contribution in [-0.4, -0.2) is 42.0 Å². The maximum absolute atomic E-state index is 12.7. The Morgan fingerprint density at radius 1 is 1.24 bits per heavy atom. The quantitative estimate of drug-likeness (QED) is 0.848. The summed E-state index contributed by atoms with van der Waals surface area (Å²) in [7, 11) is -0.134. The molecular weight excluding hydrogens is 340 g/mol. The SMILES string of the molecule is CC(=O)Nc1ccc(S(=O)(=O)N(C)CCc2c(C)nn(C)c2C)cc1. The number of carbonyl (C=O) groups excluding carboxylic acids is 1. The predicted molar refractivity (Wildman–Crippen MR) is 96.9 cm³/mol. The molecule has 0 bridgehead atoms. The first-order valence-electron chi connectivity index (χ1n) is 7.96. The molecule has 0 spiro atoms. The van der Waals surface area contributed by atoms with Crippen LogP contribution in [0.15, 0.2) is 29.2 Å². The van der Waals surface area contributed by atoms with E-state index < -0.39 is 10.0 Å². The van der Waals surface area contributed by atoms with E-state index in [9.17, 15) is 13.2 Å². The van der Waals surface area contributed by atoms with Crippen molar-refractivity contribution >= 4 is 21.6 Å². The second-order valence-corrected chi connectivity index (χ2v) is 8.10. The van der Waals surface area contributed by atoms with Gasteiger partial charge in [-0.3, -0.25) is 9.48 Å². The van der Waals surface area contributed by atoms with E-state index in [1.54, 1.807) is 23.9 Å². The Morgan fingerprint density at radius 3 is 2.32 bits per heavy atom. The fourth-order valence-electron chi connectivity index (χ4n) is 2.66. The molecular formula is C17H24N4O3S. The molecule has 0 radical (unpaired) electrons. The third-order valence-electron chi connectivity index (χ3n) is 4.22. The molecule has 0 fully saturated rings. The van der Waals surface area contributed by atoms with Gasteiger partial charge >= 0.3 is 0 Å². The van der Waals surface area contributed by atoms with Gasteiger partial charge in [-0.15, -0.1) is 0 Å². The maximum atomic E-state index is 12.7. The van der Waals surface area contributed by atoms with Gasteiger partial charge < -0.3 is 5.32 Å². The van der Waals surface area contributed by atoms with Gasteiger partial charge in [-0.25, -0.2) is 12.7 Å². The highest BCUT2D eigenvalue weighted by atomic mass is 32.2. The number of hydrogen-bond donors (Lipinski definition) is 1. The van der Waals surface area contributed by atoms with E-state index in [0.717, 1.165) is 17.0 Å². The van der Waals surface area contributed by atoms with Gasteiger partial charge in [0, 0.05) is 38.9 Å². The lowest BCUT2D eigenvalue weighted by Gasteiger charge is -2.17. The lowest BCUT2D eigenvalue weighted by molar-refractivity contribution is -0.114. The molecule has 0 atom stereocenters. The second kappa shape index (κ2) is 7.37. The Kier molecular flexibility index (Phi) is 5.64. The van der Waals surface area contributed by atoms with Crippen molar-refractivity contribution in [3.8, 4) is 0 Å². The van der Waals surface area contributed by atoms with Gasteiger partial charge in [0.05, 0.1) is 10.6 Å². The maximum Gasteiger partial charge on any atom is 0.242 e. The minimum Gasteiger partial charge on any atom is -0.326 e. The van der Waals surface area contributed by atoms with Crippen LogP contribution in [0, 0.1) is 13.8 Å². The fraction of sp³-hybridized carbons (Fsp3) is 0.412. The summed E-state index contributed by atoms with van der Waals surface area (Å²) < 4.78 is 28.5. The Balaban J connectivity index is 2.11. The first-order valence-corrected chi connectivity index (χ1v) is 9.40. The molecule has 0 saturated heterocycles. The number of anilines is 1. The van der Waals surface area contributed by atoms with Crippen LogP contribution in [0.1, 0.15) is 23.9 Å². The molecule has 0 aliphatic heterocycles. The summed E-state index contributed by atoms with van der Waals surface area (Å²) in [6, 6.07) is 6.16. The third-order valence-corrected chi connectivity index (χ3v) is 6.09. The number of amides is 1. The topological polar surface area (TPSA) is 84.3 Å². The van der Waals surface area contributed by atoms with Crippen molar-refractivity contribution < 1.29 is 13.2 Å². The molecule has 2 aromatic rings. The van der Waals surface area contributed by atoms with Crippen molar-refractivity contribution in [2.45, 2.75) is 32.1 Å². The number of nitrogens with zero attached hydrogens (tertiary/aromatic N) is 3. The standard InChI is InChI=1S/C17H24N4O3S/c1-12-17(13(2)21(5)19-12)10-11-20(4)25(23,24)16-8-6-15(7-9-16)18-14(3)22/h6-9H,10-11H2,1-5H3,(H,18,22). The Hall–Kier alpha value is -2.19. The highest BCUT2D eigenvalue weighted by Crippen LogP contribution is 2.19. The minimum absolute atomic E-state index is 0.198. The van der Waals surface area contributed by atoms with Gasteiger partial charge in [-0.1, -0.05) is 0 Å². The molecule has 25 heavy (non-hydrogen) atoms. The zero-order chi connectivity index (χ0) is 18.8. The van der Waals surface area contributed by atoms with Crippen molar-refractivity contribution in [3.05, 3.63) is 41.2 Å². The molecule has 0 aliphatic rings. The number of sulfonamides is 1. The van der Waals surface area contributed by atoms with Crippen molar-refractivity contribution in [1.82, 2.24) is 14.1 Å². The summed E-state index contributed by atoms with van der Waals surface area (Å²) in [6.45, 7) is 5.67. The van der Waals surface area contributed by atoms with Gasteiger partial charge in [0.1, 0.15) is 0 Å². The molecule has 8 heteroatoms. The number of aromatic nitrogens is 2. The van der Waals surface area contributed by atoms with Gasteiger partial charge in [-0.2, -0.15) is 5.10 Å². The molecule has 7 nitrogen and oxygen atoms in total. The molecule has 0 saturated carbocycles. The summed E-state index contributed by atoms with van der Waals surface area (Å²) in [5.74, 6) is -0.199. The molecule has 1 aromatic carbocycles. The third kappa shape index (κ3) is 4.26. The molecule has 1 amide bonds. The normalized spacial score (nSPS) is 11.8. The zero-order valence-corrected chi connectivity index (χ0v) is 16.0. The van der Waals surface area contributed by atoms with Gasteiger partial charge in [0.2, 0.25) is 15.9 Å². The Morgan fingerprint density at radius 2 is 1.84 bits per heavy atom. The van der Waals surface area contributed by atoms with E-state index in [1.165, 1.54) is 23.4 Å². The molecule has 2 rings (SSSR count). The fourth-order valence-corrected chi connectivity index (χ4v) is 3.83. The molecule has 1 N–H and O–H groups in total. The van der Waals surface area contributed by atoms with E-state index in [1.807, 2.05) is 20.9 Å². The van der Waals surface area contributed by atoms with E-state index in [0.29, 0.717) is 18.7 Å². The highest BCUT2D eigenvalue weighted by Gasteiger charge is 2.21. The number of rotatable bonds is 6. The van der Waals surface area contributed by atoms with Crippen LogP contribution in [0.25, 0.3) is 0 Å². The van der Waals surface area contributed by atoms with Crippen molar-refractivity contribution in [2.75, 3.05) is 18.9 Å². The summed E-state index contributed by atoms with van der Waals surface area (Å²) >= 11 is 0. The largest absolute Gasteiger partial charge is 0.326 e. The lowest BCUT2D eigenvalue weighted by atomic mass is 10.1. The molecule has 1 aromatic heterocycles. The van der Waals surface area contributed by atoms with Crippen LogP contribution < -0.4 is 5.32 Å². The average Bonchev–Trinajstić information content (AvgIpc) is 2.77. The lowest BCUT2D eigenvalue weighted by Crippen LogP contribution is -2.29. The summed E-state index contributed by atoms with van der Waals surface area (Å²) in [5, 5.41) is 6.97. The number of benzene rings is 1. The minimum atomic E-state index is -3.58. The van der Waals surface area contributed by atoms with E-state index in [4.69, 9.17) is 0 Å². The number of hydrogen-bond acceptors (Lipinski definition) is 4. The summed E-state index contributed by atoms with van der Waals surface area (Å²) in [5.41, 5.74) is 3.61. The van der Waals surface area contributed by atoms with Crippen LogP contribution in [0.5, 0.6) is 0 Å². The Bertz CT molecular complexity index is 870.